The number of rotatable bonds is 7. The van der Waals surface area contributed by atoms with Crippen molar-refractivity contribution in [1.29, 1.82) is 0 Å². The predicted octanol–water partition coefficient (Wildman–Crippen LogP) is 3.54. The Bertz CT molecular complexity index is 852. The van der Waals surface area contributed by atoms with E-state index in [0.29, 0.717) is 5.56 Å². The van der Waals surface area contributed by atoms with Crippen molar-refractivity contribution in [2.45, 2.75) is 14.7 Å². The second-order valence-corrected chi connectivity index (χ2v) is 9.24. The summed E-state index contributed by atoms with van der Waals surface area (Å²) in [7, 11) is -3.93. The zero-order chi connectivity index (χ0) is 19.4. The maximum atomic E-state index is 12.5. The van der Waals surface area contributed by atoms with Gasteiger partial charge in [0.2, 0.25) is 13.8 Å². The molecule has 0 saturated carbocycles. The average Bonchev–Trinajstić information content (AvgIpc) is 2.58. The average molecular weight is 439 g/mol. The summed E-state index contributed by atoms with van der Waals surface area (Å²) in [6.07, 6.45) is 0. The third kappa shape index (κ3) is 5.75. The van der Waals surface area contributed by atoms with Gasteiger partial charge in [-0.3, -0.25) is 0 Å². The van der Waals surface area contributed by atoms with Crippen LogP contribution in [0.1, 0.15) is 11.6 Å². The van der Waals surface area contributed by atoms with Crippen LogP contribution in [-0.4, -0.2) is 29.9 Å². The van der Waals surface area contributed by atoms with Crippen molar-refractivity contribution in [2.75, 3.05) is 6.61 Å². The van der Waals surface area contributed by atoms with Crippen LogP contribution in [0.5, 0.6) is 5.75 Å². The summed E-state index contributed by atoms with van der Waals surface area (Å²) in [5.41, 5.74) is 0.368. The number of benzene rings is 2. The van der Waals surface area contributed by atoms with Crippen LogP contribution in [0.2, 0.25) is 0 Å². The molecule has 0 unspecified atom stereocenters. The Kier molecular flexibility index (Phi) is 6.76. The summed E-state index contributed by atoms with van der Waals surface area (Å²) >= 11 is 17.9. The number of halogens is 3. The van der Waals surface area contributed by atoms with Gasteiger partial charge in [-0.2, -0.15) is 4.72 Å². The standard InChI is InChI=1S/C16H14Cl3NO5S/c17-16(18,19)15(20-26(23,24)13-4-2-1-3-5-13)11-6-8-12(9-7-11)25-10-14(21)22/h1-9,15,20H,10H2,(H,21,22)/t15-/m0/s1. The molecule has 0 amide bonds. The molecule has 1 atom stereocenters. The van der Waals surface area contributed by atoms with E-state index in [4.69, 9.17) is 44.6 Å². The Balaban J connectivity index is 2.27. The fourth-order valence-corrected chi connectivity index (χ4v) is 4.06. The van der Waals surface area contributed by atoms with Crippen molar-refractivity contribution in [3.05, 3.63) is 60.2 Å². The van der Waals surface area contributed by atoms with Crippen molar-refractivity contribution < 1.29 is 23.1 Å². The van der Waals surface area contributed by atoms with E-state index in [1.54, 1.807) is 18.2 Å². The molecule has 6 nitrogen and oxygen atoms in total. The van der Waals surface area contributed by atoms with Crippen LogP contribution >= 0.6 is 34.8 Å². The molecule has 26 heavy (non-hydrogen) atoms. The van der Waals surface area contributed by atoms with E-state index in [2.05, 4.69) is 4.72 Å². The molecule has 2 aromatic carbocycles. The summed E-state index contributed by atoms with van der Waals surface area (Å²) < 4.78 is 30.5. The van der Waals surface area contributed by atoms with E-state index in [-0.39, 0.29) is 10.6 Å². The summed E-state index contributed by atoms with van der Waals surface area (Å²) in [5, 5.41) is 8.61. The van der Waals surface area contributed by atoms with Crippen LogP contribution in [-0.2, 0) is 14.8 Å². The van der Waals surface area contributed by atoms with Gasteiger partial charge in [0.25, 0.3) is 0 Å². The Labute approximate surface area is 165 Å². The van der Waals surface area contributed by atoms with Crippen molar-refractivity contribution in [1.82, 2.24) is 4.72 Å². The number of nitrogens with one attached hydrogen (secondary N) is 1. The molecular weight excluding hydrogens is 425 g/mol. The molecular formula is C16H14Cl3NO5S. The number of carboxylic acid groups (broad SMARTS) is 1. The Morgan fingerprint density at radius 3 is 2.15 bits per heavy atom. The highest BCUT2D eigenvalue weighted by Crippen LogP contribution is 2.41. The molecule has 0 aliphatic heterocycles. The summed E-state index contributed by atoms with van der Waals surface area (Å²) in [4.78, 5) is 10.5. The molecule has 0 saturated heterocycles. The molecule has 140 valence electrons. The molecule has 0 spiro atoms. The van der Waals surface area contributed by atoms with Gasteiger partial charge in [0.15, 0.2) is 6.61 Å². The molecule has 0 fully saturated rings. The Morgan fingerprint density at radius 2 is 1.65 bits per heavy atom. The van der Waals surface area contributed by atoms with Crippen molar-refractivity contribution >= 4 is 50.8 Å². The van der Waals surface area contributed by atoms with Gasteiger partial charge in [0.1, 0.15) is 5.75 Å². The van der Waals surface area contributed by atoms with E-state index in [0.717, 1.165) is 0 Å². The lowest BCUT2D eigenvalue weighted by Crippen LogP contribution is -2.36. The van der Waals surface area contributed by atoms with E-state index >= 15 is 0 Å². The number of hydrogen-bond donors (Lipinski definition) is 2. The first-order valence-electron chi connectivity index (χ1n) is 7.18. The largest absolute Gasteiger partial charge is 0.482 e. The van der Waals surface area contributed by atoms with E-state index in [1.165, 1.54) is 36.4 Å². The first-order chi connectivity index (χ1) is 12.1. The van der Waals surface area contributed by atoms with Gasteiger partial charge in [-0.25, -0.2) is 13.2 Å². The number of hydrogen-bond acceptors (Lipinski definition) is 4. The van der Waals surface area contributed by atoms with Crippen LogP contribution in [0.25, 0.3) is 0 Å². The molecule has 2 aromatic rings. The molecule has 0 radical (unpaired) electrons. The quantitative estimate of drug-likeness (QED) is 0.645. The lowest BCUT2D eigenvalue weighted by atomic mass is 10.1. The van der Waals surface area contributed by atoms with Crippen LogP contribution in [0.4, 0.5) is 0 Å². The molecule has 0 aromatic heterocycles. The fourth-order valence-electron chi connectivity index (χ4n) is 2.05. The minimum absolute atomic E-state index is 0.0284. The highest BCUT2D eigenvalue weighted by atomic mass is 35.6. The molecule has 0 bridgehead atoms. The van der Waals surface area contributed by atoms with Crippen LogP contribution < -0.4 is 9.46 Å². The zero-order valence-corrected chi connectivity index (χ0v) is 16.2. The number of aliphatic carboxylic acids is 1. The Morgan fingerprint density at radius 1 is 1.08 bits per heavy atom. The Hall–Kier alpha value is -1.51. The summed E-state index contributed by atoms with van der Waals surface area (Å²) in [6.45, 7) is -0.506. The molecule has 0 aliphatic rings. The molecule has 10 heteroatoms. The van der Waals surface area contributed by atoms with Gasteiger partial charge in [-0.1, -0.05) is 65.1 Å². The topological polar surface area (TPSA) is 92.7 Å². The highest BCUT2D eigenvalue weighted by Gasteiger charge is 2.37. The van der Waals surface area contributed by atoms with Gasteiger partial charge >= 0.3 is 5.97 Å². The number of carboxylic acids is 1. The van der Waals surface area contributed by atoms with Gasteiger partial charge in [-0.05, 0) is 29.8 Å². The fraction of sp³-hybridized carbons (Fsp3) is 0.188. The van der Waals surface area contributed by atoms with E-state index in [9.17, 15) is 13.2 Å². The molecule has 2 rings (SSSR count). The number of sulfonamides is 1. The van der Waals surface area contributed by atoms with Gasteiger partial charge in [0.05, 0.1) is 10.9 Å². The van der Waals surface area contributed by atoms with E-state index < -0.39 is 32.4 Å². The number of ether oxygens (including phenoxy) is 1. The number of carbonyl (C=O) groups is 1. The highest BCUT2D eigenvalue weighted by molar-refractivity contribution is 7.89. The monoisotopic (exact) mass is 437 g/mol. The van der Waals surface area contributed by atoms with Crippen LogP contribution in [0.15, 0.2) is 59.5 Å². The first kappa shape index (κ1) is 20.8. The van der Waals surface area contributed by atoms with Gasteiger partial charge in [0, 0.05) is 0 Å². The lowest BCUT2D eigenvalue weighted by Gasteiger charge is -2.26. The van der Waals surface area contributed by atoms with Gasteiger partial charge < -0.3 is 9.84 Å². The third-order valence-corrected chi connectivity index (χ3v) is 5.32. The zero-order valence-electron chi connectivity index (χ0n) is 13.1. The van der Waals surface area contributed by atoms with E-state index in [1.807, 2.05) is 0 Å². The molecule has 0 aliphatic carbocycles. The first-order valence-corrected chi connectivity index (χ1v) is 9.80. The predicted molar refractivity (Wildman–Crippen MR) is 99.4 cm³/mol. The SMILES string of the molecule is O=C(O)COc1ccc([C@H](NS(=O)(=O)c2ccccc2)C(Cl)(Cl)Cl)cc1. The summed E-state index contributed by atoms with van der Waals surface area (Å²) in [5.74, 6) is -0.839. The van der Waals surface area contributed by atoms with Gasteiger partial charge in [-0.15, -0.1) is 0 Å². The molecule has 0 heterocycles. The maximum Gasteiger partial charge on any atom is 0.341 e. The van der Waals surface area contributed by atoms with Crippen molar-refractivity contribution in [3.63, 3.8) is 0 Å². The normalized spacial score (nSPS) is 13.2. The lowest BCUT2D eigenvalue weighted by molar-refractivity contribution is -0.139. The number of alkyl halides is 3. The second kappa shape index (κ2) is 8.45. The van der Waals surface area contributed by atoms with Crippen molar-refractivity contribution in [3.8, 4) is 5.75 Å². The second-order valence-electron chi connectivity index (χ2n) is 5.16. The third-order valence-electron chi connectivity index (χ3n) is 3.23. The minimum Gasteiger partial charge on any atom is -0.482 e. The van der Waals surface area contributed by atoms with Crippen molar-refractivity contribution in [2.24, 2.45) is 0 Å². The molecule has 2 N–H and O–H groups in total. The van der Waals surface area contributed by atoms with Crippen LogP contribution in [0, 0.1) is 0 Å². The minimum atomic E-state index is -3.93. The summed E-state index contributed by atoms with van der Waals surface area (Å²) in [6, 6.07) is 12.4. The smallest absolute Gasteiger partial charge is 0.341 e. The van der Waals surface area contributed by atoms with Crippen LogP contribution in [0.3, 0.4) is 0 Å². The maximum absolute atomic E-state index is 12.5.